The van der Waals surface area contributed by atoms with Crippen LogP contribution in [0.4, 0.5) is 0 Å². The minimum atomic E-state index is 0.923. The first-order valence-electron chi connectivity index (χ1n) is 4.77. The van der Waals surface area contributed by atoms with Crippen LogP contribution in [0, 0.1) is 0 Å². The average molecular weight is 178 g/mol. The Morgan fingerprint density at radius 1 is 1.38 bits per heavy atom. The predicted octanol–water partition coefficient (Wildman–Crippen LogP) is 1.57. The standard InChI is InChI=1S/C9H14N4/c1-3-5-7-6-9-10-8(4-2)12-13(9)11-7/h6H,3-5H2,1-2H3,(H,10,12). The summed E-state index contributed by atoms with van der Waals surface area (Å²) in [7, 11) is 0. The maximum Gasteiger partial charge on any atom is 0.155 e. The zero-order valence-electron chi connectivity index (χ0n) is 8.04. The van der Waals surface area contributed by atoms with Crippen molar-refractivity contribution >= 4 is 5.65 Å². The molecule has 1 N–H and O–H groups in total. The molecule has 0 amide bonds. The molecular weight excluding hydrogens is 164 g/mol. The number of H-pyrrole nitrogens is 1. The largest absolute Gasteiger partial charge is 0.325 e. The van der Waals surface area contributed by atoms with Crippen molar-refractivity contribution in [1.29, 1.82) is 0 Å². The van der Waals surface area contributed by atoms with Gasteiger partial charge in [0.2, 0.25) is 0 Å². The summed E-state index contributed by atoms with van der Waals surface area (Å²) in [6, 6.07) is 2.07. The van der Waals surface area contributed by atoms with Gasteiger partial charge in [-0.25, -0.2) is 0 Å². The first-order chi connectivity index (χ1) is 6.33. The van der Waals surface area contributed by atoms with Gasteiger partial charge in [0.25, 0.3) is 0 Å². The van der Waals surface area contributed by atoms with Gasteiger partial charge < -0.3 is 4.98 Å². The summed E-state index contributed by atoms with van der Waals surface area (Å²) in [5, 5.41) is 8.63. The summed E-state index contributed by atoms with van der Waals surface area (Å²) in [6.07, 6.45) is 3.08. The number of hydrogen-bond acceptors (Lipinski definition) is 2. The van der Waals surface area contributed by atoms with Crippen molar-refractivity contribution in [2.24, 2.45) is 0 Å². The van der Waals surface area contributed by atoms with Gasteiger partial charge >= 0.3 is 0 Å². The topological polar surface area (TPSA) is 46.0 Å². The smallest absolute Gasteiger partial charge is 0.155 e. The molecule has 70 valence electrons. The van der Waals surface area contributed by atoms with E-state index in [1.165, 1.54) is 0 Å². The van der Waals surface area contributed by atoms with Crippen LogP contribution < -0.4 is 0 Å². The van der Waals surface area contributed by atoms with Gasteiger partial charge in [0.15, 0.2) is 5.65 Å². The maximum atomic E-state index is 4.35. The highest BCUT2D eigenvalue weighted by molar-refractivity contribution is 5.38. The van der Waals surface area contributed by atoms with Crippen LogP contribution in [-0.4, -0.2) is 19.8 Å². The number of nitrogens with zero attached hydrogens (tertiary/aromatic N) is 3. The van der Waals surface area contributed by atoms with Gasteiger partial charge in [-0.15, -0.1) is 9.73 Å². The summed E-state index contributed by atoms with van der Waals surface area (Å²) in [5.41, 5.74) is 2.12. The first kappa shape index (κ1) is 8.29. The Hall–Kier alpha value is -1.32. The summed E-state index contributed by atoms with van der Waals surface area (Å²) in [4.78, 5) is 3.21. The van der Waals surface area contributed by atoms with Crippen LogP contribution in [0.5, 0.6) is 0 Å². The number of fused-ring (bicyclic) bond motifs is 1. The predicted molar refractivity (Wildman–Crippen MR) is 50.7 cm³/mol. The van der Waals surface area contributed by atoms with Crippen molar-refractivity contribution in [3.05, 3.63) is 17.6 Å². The molecule has 0 spiro atoms. The Morgan fingerprint density at radius 2 is 2.23 bits per heavy atom. The molecule has 0 unspecified atom stereocenters. The zero-order valence-corrected chi connectivity index (χ0v) is 8.04. The van der Waals surface area contributed by atoms with E-state index in [2.05, 4.69) is 35.1 Å². The second-order valence-electron chi connectivity index (χ2n) is 3.19. The number of rotatable bonds is 3. The van der Waals surface area contributed by atoms with Gasteiger partial charge in [0.1, 0.15) is 5.82 Å². The molecule has 0 aliphatic carbocycles. The molecule has 0 fully saturated rings. The van der Waals surface area contributed by atoms with E-state index in [9.17, 15) is 0 Å². The van der Waals surface area contributed by atoms with Gasteiger partial charge in [0, 0.05) is 12.5 Å². The van der Waals surface area contributed by atoms with Crippen LogP contribution in [-0.2, 0) is 12.8 Å². The van der Waals surface area contributed by atoms with Crippen LogP contribution in [0.25, 0.3) is 5.65 Å². The van der Waals surface area contributed by atoms with Crippen molar-refractivity contribution in [3.63, 3.8) is 0 Å². The fourth-order valence-corrected chi connectivity index (χ4v) is 1.41. The highest BCUT2D eigenvalue weighted by atomic mass is 15.5. The molecule has 4 nitrogen and oxygen atoms in total. The molecule has 0 atom stereocenters. The summed E-state index contributed by atoms with van der Waals surface area (Å²) < 4.78 is 1.68. The average Bonchev–Trinajstić information content (AvgIpc) is 2.61. The van der Waals surface area contributed by atoms with Crippen LogP contribution in [0.1, 0.15) is 31.8 Å². The van der Waals surface area contributed by atoms with Crippen molar-refractivity contribution in [2.75, 3.05) is 0 Å². The van der Waals surface area contributed by atoms with Crippen LogP contribution >= 0.6 is 0 Å². The van der Waals surface area contributed by atoms with Gasteiger partial charge in [0.05, 0.1) is 5.69 Å². The van der Waals surface area contributed by atoms with E-state index in [0.717, 1.165) is 36.4 Å². The Bertz CT molecular complexity index is 367. The molecule has 0 aliphatic heterocycles. The molecule has 2 aromatic heterocycles. The quantitative estimate of drug-likeness (QED) is 0.775. The lowest BCUT2D eigenvalue weighted by molar-refractivity contribution is 0.752. The highest BCUT2D eigenvalue weighted by Gasteiger charge is 2.04. The molecule has 13 heavy (non-hydrogen) atoms. The SMILES string of the molecule is CCCc1cc2[nH]c(CC)nn2n1. The van der Waals surface area contributed by atoms with E-state index in [0.29, 0.717) is 0 Å². The van der Waals surface area contributed by atoms with Gasteiger partial charge in [-0.2, -0.15) is 5.10 Å². The van der Waals surface area contributed by atoms with E-state index in [1.54, 1.807) is 4.63 Å². The number of aromatic amines is 1. The lowest BCUT2D eigenvalue weighted by Crippen LogP contribution is -1.91. The van der Waals surface area contributed by atoms with Gasteiger partial charge in [-0.3, -0.25) is 0 Å². The molecule has 2 aromatic rings. The molecule has 2 heterocycles. The summed E-state index contributed by atoms with van der Waals surface area (Å²) in [5.74, 6) is 0.991. The second-order valence-corrected chi connectivity index (χ2v) is 3.19. The van der Waals surface area contributed by atoms with E-state index in [1.807, 2.05) is 0 Å². The highest BCUT2D eigenvalue weighted by Crippen LogP contribution is 2.06. The Balaban J connectivity index is 2.36. The molecule has 0 aromatic carbocycles. The minimum absolute atomic E-state index is 0.923. The maximum absolute atomic E-state index is 4.35. The lowest BCUT2D eigenvalue weighted by Gasteiger charge is -1.87. The molecule has 0 saturated heterocycles. The number of aromatic nitrogens is 4. The normalized spacial score (nSPS) is 11.2. The first-order valence-corrected chi connectivity index (χ1v) is 4.77. The third-order valence-corrected chi connectivity index (χ3v) is 2.07. The molecule has 2 rings (SSSR count). The zero-order chi connectivity index (χ0) is 9.26. The van der Waals surface area contributed by atoms with Gasteiger partial charge in [-0.05, 0) is 6.42 Å². The lowest BCUT2D eigenvalue weighted by atomic mass is 10.2. The Kier molecular flexibility index (Phi) is 2.04. The van der Waals surface area contributed by atoms with E-state index >= 15 is 0 Å². The second kappa shape index (κ2) is 3.20. The molecule has 0 aliphatic rings. The minimum Gasteiger partial charge on any atom is -0.325 e. The van der Waals surface area contributed by atoms with E-state index < -0.39 is 0 Å². The fourth-order valence-electron chi connectivity index (χ4n) is 1.41. The molecular formula is C9H14N4. The van der Waals surface area contributed by atoms with Crippen LogP contribution in [0.3, 0.4) is 0 Å². The number of nitrogens with one attached hydrogen (secondary N) is 1. The summed E-state index contributed by atoms with van der Waals surface area (Å²) in [6.45, 7) is 4.23. The van der Waals surface area contributed by atoms with Gasteiger partial charge in [-0.1, -0.05) is 20.3 Å². The molecule has 0 radical (unpaired) electrons. The number of hydrogen-bond donors (Lipinski definition) is 1. The Morgan fingerprint density at radius 3 is 2.85 bits per heavy atom. The third kappa shape index (κ3) is 1.43. The Labute approximate surface area is 77.0 Å². The number of aryl methyl sites for hydroxylation is 2. The van der Waals surface area contributed by atoms with Crippen molar-refractivity contribution < 1.29 is 0 Å². The van der Waals surface area contributed by atoms with Crippen molar-refractivity contribution in [2.45, 2.75) is 33.1 Å². The third-order valence-electron chi connectivity index (χ3n) is 2.07. The van der Waals surface area contributed by atoms with E-state index in [-0.39, 0.29) is 0 Å². The monoisotopic (exact) mass is 178 g/mol. The van der Waals surface area contributed by atoms with Crippen molar-refractivity contribution in [1.82, 2.24) is 19.8 Å². The molecule has 0 saturated carbocycles. The van der Waals surface area contributed by atoms with Crippen LogP contribution in [0.2, 0.25) is 0 Å². The van der Waals surface area contributed by atoms with Crippen molar-refractivity contribution in [3.8, 4) is 0 Å². The fraction of sp³-hybridized carbons (Fsp3) is 0.556. The molecule has 0 bridgehead atoms. The summed E-state index contributed by atoms with van der Waals surface area (Å²) >= 11 is 0. The molecule has 4 heteroatoms. The van der Waals surface area contributed by atoms with E-state index in [4.69, 9.17) is 0 Å². The van der Waals surface area contributed by atoms with Crippen LogP contribution in [0.15, 0.2) is 6.07 Å².